The summed E-state index contributed by atoms with van der Waals surface area (Å²) in [5.41, 5.74) is 0. The smallest absolute Gasteiger partial charge is 0.249 e. The zero-order valence-corrected chi connectivity index (χ0v) is 13.1. The molecule has 2 heterocycles. The van der Waals surface area contributed by atoms with Crippen LogP contribution in [0.3, 0.4) is 0 Å². The lowest BCUT2D eigenvalue weighted by molar-refractivity contribution is -0.117. The third-order valence-electron chi connectivity index (χ3n) is 3.30. The minimum Gasteiger partial charge on any atom is -0.293 e. The first kappa shape index (κ1) is 14.2. The average Bonchev–Trinajstić information content (AvgIpc) is 2.83. The number of thiophene rings is 1. The number of H-pyrrole nitrogens is 1. The largest absolute Gasteiger partial charge is 0.293 e. The van der Waals surface area contributed by atoms with E-state index < -0.39 is 9.84 Å². The molecule has 0 unspecified atom stereocenters. The van der Waals surface area contributed by atoms with Gasteiger partial charge in [-0.25, -0.2) is 13.5 Å². The maximum absolute atomic E-state index is 12.1. The Bertz CT molecular complexity index is 793. The average molecular weight is 326 g/mol. The van der Waals surface area contributed by atoms with Gasteiger partial charge in [-0.05, 0) is 25.5 Å². The minimum absolute atomic E-state index is 0.00608. The molecule has 1 aliphatic rings. The number of carbonyl (C=O) groups excluding carboxylic acids is 1. The van der Waals surface area contributed by atoms with E-state index in [-0.39, 0.29) is 28.8 Å². The van der Waals surface area contributed by atoms with Crippen LogP contribution < -0.4 is 5.32 Å². The molecule has 1 fully saturated rings. The maximum atomic E-state index is 12.1. The Hall–Kier alpha value is -1.74. The fourth-order valence-corrected chi connectivity index (χ4v) is 3.64. The molecule has 0 saturated heterocycles. The number of sulfone groups is 1. The van der Waals surface area contributed by atoms with Gasteiger partial charge >= 0.3 is 0 Å². The van der Waals surface area contributed by atoms with Gasteiger partial charge in [-0.3, -0.25) is 10.1 Å². The van der Waals surface area contributed by atoms with Gasteiger partial charge in [-0.2, -0.15) is 4.98 Å². The Kier molecular flexibility index (Phi) is 3.33. The first-order valence-corrected chi connectivity index (χ1v) is 9.05. The van der Waals surface area contributed by atoms with E-state index in [0.717, 1.165) is 12.7 Å². The second kappa shape index (κ2) is 4.92. The van der Waals surface area contributed by atoms with Gasteiger partial charge in [-0.1, -0.05) is 0 Å². The molecule has 2 N–H and O–H groups in total. The predicted molar refractivity (Wildman–Crippen MR) is 78.0 cm³/mol. The highest BCUT2D eigenvalue weighted by Gasteiger charge is 2.45. The lowest BCUT2D eigenvalue weighted by atomic mass is 10.2. The lowest BCUT2D eigenvalue weighted by Gasteiger charge is -1.98. The number of aryl methyl sites for hydroxylation is 1. The van der Waals surface area contributed by atoms with Gasteiger partial charge < -0.3 is 0 Å². The van der Waals surface area contributed by atoms with Crippen LogP contribution >= 0.6 is 11.3 Å². The van der Waals surface area contributed by atoms with Crippen molar-refractivity contribution in [1.29, 1.82) is 0 Å². The van der Waals surface area contributed by atoms with Crippen molar-refractivity contribution in [3.05, 3.63) is 21.9 Å². The fraction of sp³-hybridized carbons (Fsp3) is 0.417. The van der Waals surface area contributed by atoms with Crippen LogP contribution in [-0.4, -0.2) is 35.8 Å². The van der Waals surface area contributed by atoms with Gasteiger partial charge in [0.1, 0.15) is 0 Å². The molecule has 0 bridgehead atoms. The molecule has 2 aromatic rings. The van der Waals surface area contributed by atoms with Crippen molar-refractivity contribution in [2.75, 3.05) is 11.6 Å². The standard InChI is InChI=1S/C12H14N4O3S2/c1-6-3-4-9(20-6)7-5-8(7)10(17)13-11-14-12(16-15-11)21(2,18)19/h3-4,7-8H,5H2,1-2H3,(H2,13,14,15,16,17)/t7-,8-/m0/s1. The SMILES string of the molecule is Cc1ccc([C@H]2C[C@@H]2C(=O)Nc2n[nH]c(S(C)(=O)=O)n2)s1. The predicted octanol–water partition coefficient (Wildman–Crippen LogP) is 1.32. The number of hydrogen-bond acceptors (Lipinski definition) is 6. The molecule has 1 aliphatic carbocycles. The minimum atomic E-state index is -3.45. The number of hydrogen-bond donors (Lipinski definition) is 2. The second-order valence-electron chi connectivity index (χ2n) is 5.12. The summed E-state index contributed by atoms with van der Waals surface area (Å²) in [5.74, 6) is -0.0289. The summed E-state index contributed by atoms with van der Waals surface area (Å²) in [4.78, 5) is 18.3. The zero-order valence-electron chi connectivity index (χ0n) is 11.5. The molecule has 0 aromatic carbocycles. The van der Waals surface area contributed by atoms with E-state index in [0.29, 0.717) is 0 Å². The Balaban J connectivity index is 1.64. The summed E-state index contributed by atoms with van der Waals surface area (Å²) in [6.07, 6.45) is 1.82. The van der Waals surface area contributed by atoms with Gasteiger partial charge in [0.15, 0.2) is 0 Å². The van der Waals surface area contributed by atoms with E-state index in [1.54, 1.807) is 11.3 Å². The van der Waals surface area contributed by atoms with Gasteiger partial charge in [0.25, 0.3) is 0 Å². The first-order valence-electron chi connectivity index (χ1n) is 6.34. The van der Waals surface area contributed by atoms with E-state index in [4.69, 9.17) is 0 Å². The van der Waals surface area contributed by atoms with Crippen LogP contribution in [0.25, 0.3) is 0 Å². The normalized spacial score (nSPS) is 21.2. The van der Waals surface area contributed by atoms with Crippen LogP contribution in [-0.2, 0) is 14.6 Å². The van der Waals surface area contributed by atoms with Crippen molar-refractivity contribution in [3.8, 4) is 0 Å². The molecule has 1 amide bonds. The van der Waals surface area contributed by atoms with Crippen molar-refractivity contribution in [2.45, 2.75) is 24.4 Å². The highest BCUT2D eigenvalue weighted by atomic mass is 32.2. The summed E-state index contributed by atoms with van der Waals surface area (Å²) >= 11 is 1.70. The highest BCUT2D eigenvalue weighted by molar-refractivity contribution is 7.90. The molecule has 0 aliphatic heterocycles. The van der Waals surface area contributed by atoms with Crippen LogP contribution in [0.4, 0.5) is 5.95 Å². The summed E-state index contributed by atoms with van der Waals surface area (Å²) in [5, 5.41) is 8.28. The lowest BCUT2D eigenvalue weighted by Crippen LogP contribution is -2.15. The quantitative estimate of drug-likeness (QED) is 0.881. The van der Waals surface area contributed by atoms with E-state index in [9.17, 15) is 13.2 Å². The van der Waals surface area contributed by atoms with Crippen LogP contribution in [0.1, 0.15) is 22.1 Å². The third kappa shape index (κ3) is 2.98. The van der Waals surface area contributed by atoms with Gasteiger partial charge in [0, 0.05) is 27.8 Å². The van der Waals surface area contributed by atoms with Crippen LogP contribution in [0.5, 0.6) is 0 Å². The van der Waals surface area contributed by atoms with E-state index in [1.165, 1.54) is 9.75 Å². The monoisotopic (exact) mass is 326 g/mol. The number of nitrogens with zero attached hydrogens (tertiary/aromatic N) is 2. The molecule has 2 atom stereocenters. The molecule has 0 spiro atoms. The molecule has 9 heteroatoms. The highest BCUT2D eigenvalue weighted by Crippen LogP contribution is 2.50. The van der Waals surface area contributed by atoms with Crippen LogP contribution in [0.2, 0.25) is 0 Å². The van der Waals surface area contributed by atoms with Gasteiger partial charge in [0.05, 0.1) is 0 Å². The molecule has 7 nitrogen and oxygen atoms in total. The molecular weight excluding hydrogens is 312 g/mol. The maximum Gasteiger partial charge on any atom is 0.249 e. The second-order valence-corrected chi connectivity index (χ2v) is 8.37. The van der Waals surface area contributed by atoms with Gasteiger partial charge in [-0.15, -0.1) is 16.4 Å². The Labute approximate surface area is 125 Å². The molecule has 2 aromatic heterocycles. The van der Waals surface area contributed by atoms with Gasteiger partial charge in [0.2, 0.25) is 26.8 Å². The molecule has 0 radical (unpaired) electrons. The van der Waals surface area contributed by atoms with Crippen LogP contribution in [0, 0.1) is 12.8 Å². The fourth-order valence-electron chi connectivity index (χ4n) is 2.12. The topological polar surface area (TPSA) is 105 Å². The molecule has 3 rings (SSSR count). The number of aromatic amines is 1. The summed E-state index contributed by atoms with van der Waals surface area (Å²) in [6, 6.07) is 4.09. The summed E-state index contributed by atoms with van der Waals surface area (Å²) in [6.45, 7) is 2.03. The number of aromatic nitrogens is 3. The number of nitrogens with one attached hydrogen (secondary N) is 2. The zero-order chi connectivity index (χ0) is 15.2. The Morgan fingerprint density at radius 2 is 2.24 bits per heavy atom. The number of anilines is 1. The number of rotatable bonds is 4. The molecule has 1 saturated carbocycles. The molecular formula is C12H14N4O3S2. The van der Waals surface area contributed by atoms with Crippen molar-refractivity contribution >= 4 is 33.0 Å². The Morgan fingerprint density at radius 1 is 1.48 bits per heavy atom. The third-order valence-corrected chi connectivity index (χ3v) is 5.32. The summed E-state index contributed by atoms with van der Waals surface area (Å²) in [7, 11) is -3.45. The summed E-state index contributed by atoms with van der Waals surface area (Å²) < 4.78 is 22.5. The number of amides is 1. The van der Waals surface area contributed by atoms with Crippen molar-refractivity contribution in [1.82, 2.24) is 15.2 Å². The first-order chi connectivity index (χ1) is 9.84. The van der Waals surface area contributed by atoms with Crippen molar-refractivity contribution in [3.63, 3.8) is 0 Å². The van der Waals surface area contributed by atoms with Crippen molar-refractivity contribution in [2.24, 2.45) is 5.92 Å². The van der Waals surface area contributed by atoms with E-state index in [1.807, 2.05) is 19.1 Å². The van der Waals surface area contributed by atoms with Crippen molar-refractivity contribution < 1.29 is 13.2 Å². The molecule has 112 valence electrons. The van der Waals surface area contributed by atoms with Crippen LogP contribution in [0.15, 0.2) is 17.3 Å². The van der Waals surface area contributed by atoms with E-state index in [2.05, 4.69) is 20.5 Å². The number of carbonyl (C=O) groups is 1. The molecule has 21 heavy (non-hydrogen) atoms. The Morgan fingerprint density at radius 3 is 2.81 bits per heavy atom. The van der Waals surface area contributed by atoms with E-state index >= 15 is 0 Å².